The van der Waals surface area contributed by atoms with Crippen LogP contribution in [0.15, 0.2) is 12.2 Å². The van der Waals surface area contributed by atoms with Crippen LogP contribution in [-0.4, -0.2) is 23.1 Å². The molecule has 0 radical (unpaired) electrons. The van der Waals surface area contributed by atoms with Gasteiger partial charge < -0.3 is 30.9 Å². The van der Waals surface area contributed by atoms with Crippen molar-refractivity contribution in [1.29, 1.82) is 0 Å². The fraction of sp³-hybridized carbons (Fsp3) is 0.500. The van der Waals surface area contributed by atoms with E-state index in [4.69, 9.17) is 0 Å². The van der Waals surface area contributed by atoms with Crippen LogP contribution in [0.4, 0.5) is 0 Å². The molecule has 0 saturated heterocycles. The Morgan fingerprint density at radius 3 is 2.00 bits per heavy atom. The van der Waals surface area contributed by atoms with Crippen molar-refractivity contribution in [2.24, 2.45) is 0 Å². The topological polar surface area (TPSA) is 0 Å². The van der Waals surface area contributed by atoms with Gasteiger partial charge in [0.2, 0.25) is 0 Å². The molecule has 0 amide bonds. The summed E-state index contributed by atoms with van der Waals surface area (Å²) in [6.45, 7) is 5.75. The molecule has 2 heteroatoms. The van der Waals surface area contributed by atoms with Crippen LogP contribution in [0.2, 0.25) is 0 Å². The Labute approximate surface area is 85.3 Å². The summed E-state index contributed by atoms with van der Waals surface area (Å²) >= 11 is 0. The molecule has 0 unspecified atom stereocenters. The van der Waals surface area contributed by atoms with Crippen molar-refractivity contribution in [3.8, 4) is 0 Å². The van der Waals surface area contributed by atoms with Gasteiger partial charge in [-0.1, -0.05) is 13.0 Å². The Bertz CT molecular complexity index is 37.8. The summed E-state index contributed by atoms with van der Waals surface area (Å²) in [6, 6.07) is 0. The Morgan fingerprint density at radius 1 is 1.38 bits per heavy atom. The third-order valence-electron chi connectivity index (χ3n) is 0.569. The first kappa shape index (κ1) is 16.1. The minimum Gasteiger partial charge on any atom is -1.00 e. The monoisotopic (exact) mass is 234 g/mol. The number of hydrogen-bond acceptors (Lipinski definition) is 0. The van der Waals surface area contributed by atoms with Crippen LogP contribution in [-0.2, 0) is 0 Å². The van der Waals surface area contributed by atoms with Crippen LogP contribution >= 0.6 is 0 Å². The zero-order valence-corrected chi connectivity index (χ0v) is 8.93. The van der Waals surface area contributed by atoms with E-state index in [2.05, 4.69) is 26.0 Å². The van der Waals surface area contributed by atoms with Crippen molar-refractivity contribution in [3.05, 3.63) is 19.1 Å². The van der Waals surface area contributed by atoms with Gasteiger partial charge in [0.15, 0.2) is 0 Å². The SMILES string of the molecule is [CH2-]C/C=C\CC.[I-].[Mg+2]. The van der Waals surface area contributed by atoms with E-state index in [9.17, 15) is 0 Å². The molecule has 0 fully saturated rings. The summed E-state index contributed by atoms with van der Waals surface area (Å²) in [5.74, 6) is 0. The van der Waals surface area contributed by atoms with Crippen molar-refractivity contribution in [2.75, 3.05) is 0 Å². The van der Waals surface area contributed by atoms with Gasteiger partial charge >= 0.3 is 23.1 Å². The predicted octanol–water partition coefficient (Wildman–Crippen LogP) is -1.20. The molecule has 0 N–H and O–H groups in total. The van der Waals surface area contributed by atoms with Crippen LogP contribution < -0.4 is 24.0 Å². The Kier molecular flexibility index (Phi) is 31.7. The van der Waals surface area contributed by atoms with Gasteiger partial charge in [0.05, 0.1) is 0 Å². The molecule has 0 atom stereocenters. The molecular weight excluding hydrogens is 223 g/mol. The molecule has 0 aromatic carbocycles. The summed E-state index contributed by atoms with van der Waals surface area (Å²) in [5.41, 5.74) is 0. The third kappa shape index (κ3) is 15.7. The first-order valence-electron chi connectivity index (χ1n) is 2.36. The summed E-state index contributed by atoms with van der Waals surface area (Å²) in [6.07, 6.45) is 6.25. The van der Waals surface area contributed by atoms with Crippen LogP contribution in [0, 0.1) is 6.92 Å². The van der Waals surface area contributed by atoms with Gasteiger partial charge in [-0.3, -0.25) is 0 Å². The number of allylic oxidation sites excluding steroid dienone is 2. The van der Waals surface area contributed by atoms with E-state index in [-0.39, 0.29) is 47.0 Å². The van der Waals surface area contributed by atoms with Gasteiger partial charge in [-0.05, 0) is 6.42 Å². The van der Waals surface area contributed by atoms with Gasteiger partial charge in [-0.25, -0.2) is 0 Å². The molecule has 0 aliphatic heterocycles. The molecule has 0 heterocycles. The molecule has 0 nitrogen and oxygen atoms in total. The van der Waals surface area contributed by atoms with Crippen molar-refractivity contribution in [3.63, 3.8) is 0 Å². The van der Waals surface area contributed by atoms with E-state index < -0.39 is 0 Å². The van der Waals surface area contributed by atoms with E-state index in [1.165, 1.54) is 0 Å². The molecular formula is C6H11IMg. The maximum Gasteiger partial charge on any atom is 2.00 e. The zero-order chi connectivity index (χ0) is 4.83. The van der Waals surface area contributed by atoms with E-state index in [1.807, 2.05) is 0 Å². The molecule has 0 aliphatic carbocycles. The van der Waals surface area contributed by atoms with Crippen molar-refractivity contribution >= 4 is 23.1 Å². The van der Waals surface area contributed by atoms with Crippen LogP contribution in [0.5, 0.6) is 0 Å². The van der Waals surface area contributed by atoms with Crippen LogP contribution in [0.3, 0.4) is 0 Å². The summed E-state index contributed by atoms with van der Waals surface area (Å²) in [5, 5.41) is 0. The van der Waals surface area contributed by atoms with Crippen molar-refractivity contribution in [2.45, 2.75) is 19.8 Å². The largest absolute Gasteiger partial charge is 2.00 e. The summed E-state index contributed by atoms with van der Waals surface area (Å²) in [4.78, 5) is 0. The normalized spacial score (nSPS) is 7.75. The predicted molar refractivity (Wildman–Crippen MR) is 35.2 cm³/mol. The maximum absolute atomic E-state index is 3.64. The zero-order valence-electron chi connectivity index (χ0n) is 5.36. The van der Waals surface area contributed by atoms with Crippen LogP contribution in [0.25, 0.3) is 0 Å². The van der Waals surface area contributed by atoms with Gasteiger partial charge in [-0.2, -0.15) is 6.42 Å². The number of rotatable bonds is 2. The summed E-state index contributed by atoms with van der Waals surface area (Å²) in [7, 11) is 0. The first-order valence-corrected chi connectivity index (χ1v) is 2.36. The number of hydrogen-bond donors (Lipinski definition) is 0. The van der Waals surface area contributed by atoms with E-state index in [0.29, 0.717) is 0 Å². The Balaban J connectivity index is -0.000000125. The van der Waals surface area contributed by atoms with Gasteiger partial charge in [0, 0.05) is 0 Å². The smallest absolute Gasteiger partial charge is 1.00 e. The molecule has 0 aromatic rings. The Hall–Kier alpha value is 1.24. The quantitative estimate of drug-likeness (QED) is 0.244. The minimum absolute atomic E-state index is 0. The average Bonchev–Trinajstić information content (AvgIpc) is 1.61. The first-order chi connectivity index (χ1) is 2.91. The summed E-state index contributed by atoms with van der Waals surface area (Å²) < 4.78 is 0. The molecule has 44 valence electrons. The second kappa shape index (κ2) is 15.7. The van der Waals surface area contributed by atoms with E-state index in [0.717, 1.165) is 12.8 Å². The van der Waals surface area contributed by atoms with Gasteiger partial charge in [0.25, 0.3) is 0 Å². The van der Waals surface area contributed by atoms with E-state index in [1.54, 1.807) is 0 Å². The molecule has 0 aliphatic rings. The third-order valence-corrected chi connectivity index (χ3v) is 0.569. The molecule has 0 aromatic heterocycles. The fourth-order valence-electron chi connectivity index (χ4n) is 0.285. The molecule has 0 spiro atoms. The second-order valence-corrected chi connectivity index (χ2v) is 1.17. The van der Waals surface area contributed by atoms with Gasteiger partial charge in [0.1, 0.15) is 0 Å². The van der Waals surface area contributed by atoms with E-state index >= 15 is 0 Å². The minimum atomic E-state index is 0. The molecule has 0 saturated carbocycles. The molecule has 0 rings (SSSR count). The number of halogens is 1. The maximum atomic E-state index is 3.64. The average molecular weight is 234 g/mol. The molecule has 8 heavy (non-hydrogen) atoms. The van der Waals surface area contributed by atoms with Crippen molar-refractivity contribution < 1.29 is 24.0 Å². The Morgan fingerprint density at radius 2 is 1.88 bits per heavy atom. The second-order valence-electron chi connectivity index (χ2n) is 1.17. The van der Waals surface area contributed by atoms with Crippen LogP contribution in [0.1, 0.15) is 19.8 Å². The standard InChI is InChI=1S/C6H11.HI.Mg/c1-3-5-6-4-2;;/h5-6H,1,3-4H2,2H3;1H;/q-1;;+2/p-1/b6-5-;;. The van der Waals surface area contributed by atoms with Gasteiger partial charge in [-0.15, -0.1) is 6.08 Å². The van der Waals surface area contributed by atoms with Crippen molar-refractivity contribution in [1.82, 2.24) is 0 Å². The fourth-order valence-corrected chi connectivity index (χ4v) is 0.285. The molecule has 0 bridgehead atoms.